The molecule has 1 atom stereocenters. The number of anilines is 1. The minimum atomic E-state index is -3.60. The van der Waals surface area contributed by atoms with E-state index >= 15 is 0 Å². The molecule has 25 heavy (non-hydrogen) atoms. The molecule has 6 heteroatoms. The third-order valence-electron chi connectivity index (χ3n) is 4.60. The molecule has 0 amide bonds. The highest BCUT2D eigenvalue weighted by Gasteiger charge is 2.24. The number of hydrogen-bond donors (Lipinski definition) is 1. The van der Waals surface area contributed by atoms with Gasteiger partial charge < -0.3 is 4.90 Å². The van der Waals surface area contributed by atoms with Gasteiger partial charge in [-0.2, -0.15) is 0 Å². The number of aryl methyl sites for hydroxylation is 1. The van der Waals surface area contributed by atoms with Gasteiger partial charge in [0, 0.05) is 12.7 Å². The standard InChI is InChI=1S/C19H25N3O2S/c1-3-8-22-9-7-16(14-22)17-11-18(13-20-12-17)21-25(23,24)19-6-4-5-15(2)10-19/h4-6,10-13,16,21H,3,7-9,14H2,1-2H3. The number of aromatic nitrogens is 1. The molecule has 134 valence electrons. The molecule has 0 aliphatic carbocycles. The third kappa shape index (κ3) is 4.38. The fourth-order valence-corrected chi connectivity index (χ4v) is 4.50. The number of likely N-dealkylation sites (tertiary alicyclic amines) is 1. The average Bonchev–Trinajstić information content (AvgIpc) is 3.04. The lowest BCUT2D eigenvalue weighted by molar-refractivity contribution is 0.335. The Labute approximate surface area is 150 Å². The maximum Gasteiger partial charge on any atom is 0.261 e. The van der Waals surface area contributed by atoms with Gasteiger partial charge in [0.1, 0.15) is 0 Å². The lowest BCUT2D eigenvalue weighted by atomic mass is 10.0. The van der Waals surface area contributed by atoms with Gasteiger partial charge >= 0.3 is 0 Å². The average molecular weight is 359 g/mol. The maximum atomic E-state index is 12.6. The van der Waals surface area contributed by atoms with Crippen LogP contribution >= 0.6 is 0 Å². The van der Waals surface area contributed by atoms with Crippen molar-refractivity contribution in [1.29, 1.82) is 0 Å². The van der Waals surface area contributed by atoms with Crippen molar-refractivity contribution in [2.45, 2.75) is 37.5 Å². The molecule has 1 saturated heterocycles. The first-order chi connectivity index (χ1) is 12.0. The summed E-state index contributed by atoms with van der Waals surface area (Å²) in [6.07, 6.45) is 5.66. The van der Waals surface area contributed by atoms with Crippen molar-refractivity contribution in [1.82, 2.24) is 9.88 Å². The van der Waals surface area contributed by atoms with E-state index in [0.717, 1.165) is 43.6 Å². The van der Waals surface area contributed by atoms with Gasteiger partial charge in [-0.15, -0.1) is 0 Å². The Morgan fingerprint density at radius 2 is 2.12 bits per heavy atom. The monoisotopic (exact) mass is 359 g/mol. The first kappa shape index (κ1) is 17.9. The van der Waals surface area contributed by atoms with Crippen molar-refractivity contribution >= 4 is 15.7 Å². The Morgan fingerprint density at radius 3 is 2.88 bits per heavy atom. The van der Waals surface area contributed by atoms with Crippen LogP contribution in [0.1, 0.15) is 36.8 Å². The molecule has 2 heterocycles. The highest BCUT2D eigenvalue weighted by Crippen LogP contribution is 2.28. The maximum absolute atomic E-state index is 12.6. The molecule has 1 aliphatic rings. The van der Waals surface area contributed by atoms with Crippen LogP contribution < -0.4 is 4.72 Å². The molecule has 2 aromatic rings. The summed E-state index contributed by atoms with van der Waals surface area (Å²) in [6, 6.07) is 8.81. The van der Waals surface area contributed by atoms with Crippen LogP contribution in [-0.2, 0) is 10.0 Å². The van der Waals surface area contributed by atoms with E-state index in [9.17, 15) is 8.42 Å². The smallest absolute Gasteiger partial charge is 0.261 e. The molecule has 0 bridgehead atoms. The fraction of sp³-hybridized carbons (Fsp3) is 0.421. The van der Waals surface area contributed by atoms with Crippen LogP contribution in [0.25, 0.3) is 0 Å². The Hall–Kier alpha value is -1.92. The van der Waals surface area contributed by atoms with E-state index in [2.05, 4.69) is 21.5 Å². The third-order valence-corrected chi connectivity index (χ3v) is 5.97. The zero-order valence-electron chi connectivity index (χ0n) is 14.8. The molecule has 3 rings (SSSR count). The second-order valence-electron chi connectivity index (χ2n) is 6.72. The van der Waals surface area contributed by atoms with Crippen molar-refractivity contribution in [2.24, 2.45) is 0 Å². The summed E-state index contributed by atoms with van der Waals surface area (Å²) in [5.41, 5.74) is 2.53. The summed E-state index contributed by atoms with van der Waals surface area (Å²) in [5, 5.41) is 0. The van der Waals surface area contributed by atoms with Gasteiger partial charge in [-0.05, 0) is 68.1 Å². The second-order valence-corrected chi connectivity index (χ2v) is 8.40. The zero-order chi connectivity index (χ0) is 17.9. The number of nitrogens with zero attached hydrogens (tertiary/aromatic N) is 2. The Bertz CT molecular complexity index is 836. The van der Waals surface area contributed by atoms with Crippen LogP contribution in [0.2, 0.25) is 0 Å². The Morgan fingerprint density at radius 1 is 1.28 bits per heavy atom. The summed E-state index contributed by atoms with van der Waals surface area (Å²) in [4.78, 5) is 6.97. The molecule has 0 radical (unpaired) electrons. The summed E-state index contributed by atoms with van der Waals surface area (Å²) < 4.78 is 27.8. The van der Waals surface area contributed by atoms with Gasteiger partial charge in [0.2, 0.25) is 0 Å². The zero-order valence-corrected chi connectivity index (χ0v) is 15.6. The molecule has 1 aromatic carbocycles. The fourth-order valence-electron chi connectivity index (χ4n) is 3.36. The summed E-state index contributed by atoms with van der Waals surface area (Å²) in [7, 11) is -3.60. The van der Waals surface area contributed by atoms with Crippen molar-refractivity contribution in [2.75, 3.05) is 24.4 Å². The molecule has 1 unspecified atom stereocenters. The first-order valence-corrected chi connectivity index (χ1v) is 10.2. The van der Waals surface area contributed by atoms with E-state index in [1.165, 1.54) is 0 Å². The number of nitrogens with one attached hydrogen (secondary N) is 1. The normalized spacial score (nSPS) is 18.4. The highest BCUT2D eigenvalue weighted by molar-refractivity contribution is 7.92. The van der Waals surface area contributed by atoms with E-state index in [1.54, 1.807) is 24.4 Å². The molecule has 1 aromatic heterocycles. The Kier molecular flexibility index (Phi) is 5.39. The predicted octanol–water partition coefficient (Wildman–Crippen LogP) is 3.39. The molecule has 1 fully saturated rings. The molecular formula is C19H25N3O2S. The predicted molar refractivity (Wildman–Crippen MR) is 100 cm³/mol. The van der Waals surface area contributed by atoms with Gasteiger partial charge in [0.15, 0.2) is 0 Å². The Balaban J connectivity index is 1.76. The number of pyridine rings is 1. The summed E-state index contributed by atoms with van der Waals surface area (Å²) in [6.45, 7) is 7.30. The van der Waals surface area contributed by atoms with Crippen LogP contribution in [0.15, 0.2) is 47.6 Å². The molecule has 1 N–H and O–H groups in total. The topological polar surface area (TPSA) is 62.3 Å². The van der Waals surface area contributed by atoms with Gasteiger partial charge in [-0.25, -0.2) is 8.42 Å². The number of sulfonamides is 1. The number of rotatable bonds is 6. The quantitative estimate of drug-likeness (QED) is 0.859. The van der Waals surface area contributed by atoms with Crippen LogP contribution in [0.5, 0.6) is 0 Å². The molecule has 5 nitrogen and oxygen atoms in total. The van der Waals surface area contributed by atoms with Crippen molar-refractivity contribution < 1.29 is 8.42 Å². The van der Waals surface area contributed by atoms with E-state index < -0.39 is 10.0 Å². The van der Waals surface area contributed by atoms with Crippen molar-refractivity contribution in [3.63, 3.8) is 0 Å². The van der Waals surface area contributed by atoms with E-state index in [4.69, 9.17) is 0 Å². The van der Waals surface area contributed by atoms with Gasteiger partial charge in [0.25, 0.3) is 10.0 Å². The van der Waals surface area contributed by atoms with Crippen LogP contribution in [0.3, 0.4) is 0 Å². The minimum Gasteiger partial charge on any atom is -0.303 e. The minimum absolute atomic E-state index is 0.271. The lowest BCUT2D eigenvalue weighted by Crippen LogP contribution is -2.21. The number of benzene rings is 1. The molecule has 0 spiro atoms. The molecular weight excluding hydrogens is 334 g/mol. The van der Waals surface area contributed by atoms with Crippen molar-refractivity contribution in [3.8, 4) is 0 Å². The highest BCUT2D eigenvalue weighted by atomic mass is 32.2. The summed E-state index contributed by atoms with van der Waals surface area (Å²) in [5.74, 6) is 0.419. The molecule has 1 aliphatic heterocycles. The first-order valence-electron chi connectivity index (χ1n) is 8.75. The van der Waals surface area contributed by atoms with Crippen LogP contribution in [-0.4, -0.2) is 37.9 Å². The van der Waals surface area contributed by atoms with Gasteiger partial charge in [0.05, 0.1) is 16.8 Å². The van der Waals surface area contributed by atoms with Crippen molar-refractivity contribution in [3.05, 3.63) is 53.9 Å². The van der Waals surface area contributed by atoms with E-state index in [0.29, 0.717) is 11.6 Å². The largest absolute Gasteiger partial charge is 0.303 e. The SMILES string of the molecule is CCCN1CCC(c2cncc(NS(=O)(=O)c3cccc(C)c3)c2)C1. The summed E-state index contributed by atoms with van der Waals surface area (Å²) >= 11 is 0. The van der Waals surface area contributed by atoms with E-state index in [-0.39, 0.29) is 4.90 Å². The lowest BCUT2D eigenvalue weighted by Gasteiger charge is -2.15. The van der Waals surface area contributed by atoms with Gasteiger partial charge in [-0.3, -0.25) is 9.71 Å². The van der Waals surface area contributed by atoms with E-state index in [1.807, 2.05) is 25.3 Å². The van der Waals surface area contributed by atoms with Crippen LogP contribution in [0, 0.1) is 6.92 Å². The second kappa shape index (κ2) is 7.54. The van der Waals surface area contributed by atoms with Crippen LogP contribution in [0.4, 0.5) is 5.69 Å². The van der Waals surface area contributed by atoms with Gasteiger partial charge in [-0.1, -0.05) is 19.1 Å². The molecule has 0 saturated carbocycles. The number of hydrogen-bond acceptors (Lipinski definition) is 4.